The van der Waals surface area contributed by atoms with Gasteiger partial charge in [-0.05, 0) is 48.0 Å². The number of hydrogen-bond donors (Lipinski definition) is 1. The summed E-state index contributed by atoms with van der Waals surface area (Å²) in [7, 11) is 1.42. The van der Waals surface area contributed by atoms with Crippen molar-refractivity contribution in [3.8, 4) is 17.2 Å². The molecular weight excluding hydrogens is 325 g/mol. The zero-order valence-corrected chi connectivity index (χ0v) is 12.5. The number of hydrogen-bond acceptors (Lipinski definition) is 4. The highest BCUT2D eigenvalue weighted by atomic mass is 19.4. The van der Waals surface area contributed by atoms with E-state index in [0.29, 0.717) is 11.3 Å². The minimum Gasteiger partial charge on any atom is -0.504 e. The number of allylic oxidation sites excluding steroid dienone is 1. The van der Waals surface area contributed by atoms with Crippen LogP contribution in [0.4, 0.5) is 13.2 Å². The van der Waals surface area contributed by atoms with Gasteiger partial charge in [-0.15, -0.1) is 13.2 Å². The molecule has 0 aromatic heterocycles. The lowest BCUT2D eigenvalue weighted by Crippen LogP contribution is -2.17. The van der Waals surface area contributed by atoms with E-state index in [2.05, 4.69) is 4.74 Å². The molecule has 0 aliphatic carbocycles. The first-order chi connectivity index (χ1) is 11.3. The number of aromatic hydroxyl groups is 1. The Bertz CT molecular complexity index is 749. The minimum absolute atomic E-state index is 0.0687. The summed E-state index contributed by atoms with van der Waals surface area (Å²) in [4.78, 5) is 12.0. The van der Waals surface area contributed by atoms with Crippen LogP contribution in [-0.2, 0) is 0 Å². The molecule has 0 radical (unpaired) electrons. The number of rotatable bonds is 5. The highest BCUT2D eigenvalue weighted by Crippen LogP contribution is 2.27. The van der Waals surface area contributed by atoms with E-state index in [-0.39, 0.29) is 11.3 Å². The van der Waals surface area contributed by atoms with Crippen molar-refractivity contribution in [3.05, 3.63) is 59.7 Å². The van der Waals surface area contributed by atoms with Gasteiger partial charge in [-0.1, -0.05) is 12.1 Å². The lowest BCUT2D eigenvalue weighted by atomic mass is 10.1. The van der Waals surface area contributed by atoms with Gasteiger partial charge in [0.1, 0.15) is 5.75 Å². The summed E-state index contributed by atoms with van der Waals surface area (Å²) in [5, 5.41) is 9.65. The second kappa shape index (κ2) is 7.08. The summed E-state index contributed by atoms with van der Waals surface area (Å²) >= 11 is 0. The summed E-state index contributed by atoms with van der Waals surface area (Å²) in [6.45, 7) is 0. The molecule has 0 atom stereocenters. The van der Waals surface area contributed by atoms with Crippen molar-refractivity contribution < 1.29 is 32.5 Å². The third-order valence-corrected chi connectivity index (χ3v) is 3.00. The maximum Gasteiger partial charge on any atom is 0.573 e. The highest BCUT2D eigenvalue weighted by molar-refractivity contribution is 6.06. The SMILES string of the molecule is COc1ccc(/C=C/C(=O)c2ccc(OC(F)(F)F)cc2)cc1O. The van der Waals surface area contributed by atoms with Crippen molar-refractivity contribution in [1.82, 2.24) is 0 Å². The molecule has 24 heavy (non-hydrogen) atoms. The molecule has 0 bridgehead atoms. The van der Waals surface area contributed by atoms with Crippen LogP contribution in [0.1, 0.15) is 15.9 Å². The van der Waals surface area contributed by atoms with Gasteiger partial charge in [0.25, 0.3) is 0 Å². The van der Waals surface area contributed by atoms with Crippen LogP contribution in [0.25, 0.3) is 6.08 Å². The predicted octanol–water partition coefficient (Wildman–Crippen LogP) is 4.20. The largest absolute Gasteiger partial charge is 0.573 e. The van der Waals surface area contributed by atoms with Gasteiger partial charge in [-0.3, -0.25) is 4.79 Å². The van der Waals surface area contributed by atoms with Crippen LogP contribution >= 0.6 is 0 Å². The summed E-state index contributed by atoms with van der Waals surface area (Å²) in [6, 6.07) is 9.20. The summed E-state index contributed by atoms with van der Waals surface area (Å²) in [5.41, 5.74) is 0.775. The van der Waals surface area contributed by atoms with Crippen LogP contribution < -0.4 is 9.47 Å². The Morgan fingerprint density at radius 3 is 2.33 bits per heavy atom. The second-order valence-electron chi connectivity index (χ2n) is 4.70. The van der Waals surface area contributed by atoms with Gasteiger partial charge in [0.15, 0.2) is 17.3 Å². The van der Waals surface area contributed by atoms with Crippen LogP contribution in [0.2, 0.25) is 0 Å². The molecule has 0 aliphatic heterocycles. The van der Waals surface area contributed by atoms with Crippen LogP contribution in [0.5, 0.6) is 17.2 Å². The molecule has 0 spiro atoms. The van der Waals surface area contributed by atoms with Crippen LogP contribution in [-0.4, -0.2) is 24.4 Å². The first kappa shape index (κ1) is 17.4. The van der Waals surface area contributed by atoms with E-state index in [1.54, 1.807) is 12.1 Å². The van der Waals surface area contributed by atoms with E-state index < -0.39 is 17.9 Å². The molecule has 2 aromatic carbocycles. The van der Waals surface area contributed by atoms with Gasteiger partial charge in [-0.2, -0.15) is 0 Å². The lowest BCUT2D eigenvalue weighted by Gasteiger charge is -2.08. The molecule has 4 nitrogen and oxygen atoms in total. The van der Waals surface area contributed by atoms with Gasteiger partial charge in [-0.25, -0.2) is 0 Å². The predicted molar refractivity (Wildman–Crippen MR) is 81.1 cm³/mol. The van der Waals surface area contributed by atoms with Gasteiger partial charge in [0, 0.05) is 5.56 Å². The number of phenolic OH excluding ortho intramolecular Hbond substituents is 1. The number of ether oxygens (including phenoxy) is 2. The molecule has 7 heteroatoms. The number of carbonyl (C=O) groups excluding carboxylic acids is 1. The summed E-state index contributed by atoms with van der Waals surface area (Å²) in [5.74, 6) is -0.563. The van der Waals surface area contributed by atoms with Gasteiger partial charge in [0.05, 0.1) is 7.11 Å². The fourth-order valence-electron chi connectivity index (χ4n) is 1.90. The van der Waals surface area contributed by atoms with Crippen LogP contribution in [0.15, 0.2) is 48.5 Å². The number of benzene rings is 2. The third kappa shape index (κ3) is 4.77. The van der Waals surface area contributed by atoms with Crippen molar-refractivity contribution in [2.45, 2.75) is 6.36 Å². The Kier molecular flexibility index (Phi) is 5.13. The first-order valence-electron chi connectivity index (χ1n) is 6.74. The molecule has 0 fully saturated rings. The van der Waals surface area contributed by atoms with E-state index in [0.717, 1.165) is 12.1 Å². The summed E-state index contributed by atoms with van der Waals surface area (Å²) < 4.78 is 44.8. The Labute approximate surface area is 135 Å². The zero-order valence-electron chi connectivity index (χ0n) is 12.5. The summed E-state index contributed by atoms with van der Waals surface area (Å²) in [6.07, 6.45) is -2.05. The first-order valence-corrected chi connectivity index (χ1v) is 6.74. The Morgan fingerprint density at radius 2 is 1.79 bits per heavy atom. The van der Waals surface area contributed by atoms with Crippen molar-refractivity contribution in [1.29, 1.82) is 0 Å². The van der Waals surface area contributed by atoms with Gasteiger partial charge >= 0.3 is 6.36 Å². The number of halogens is 3. The number of ketones is 1. The van der Waals surface area contributed by atoms with E-state index in [1.807, 2.05) is 0 Å². The fourth-order valence-corrected chi connectivity index (χ4v) is 1.90. The molecule has 0 amide bonds. The van der Waals surface area contributed by atoms with Crippen molar-refractivity contribution in [2.75, 3.05) is 7.11 Å². The molecular formula is C17H13F3O4. The Balaban J connectivity index is 2.07. The highest BCUT2D eigenvalue weighted by Gasteiger charge is 2.30. The molecule has 1 N–H and O–H groups in total. The molecule has 0 unspecified atom stereocenters. The monoisotopic (exact) mass is 338 g/mol. The number of alkyl halides is 3. The quantitative estimate of drug-likeness (QED) is 0.656. The van der Waals surface area contributed by atoms with E-state index >= 15 is 0 Å². The fraction of sp³-hybridized carbons (Fsp3) is 0.118. The molecule has 0 saturated heterocycles. The molecule has 0 aliphatic rings. The topological polar surface area (TPSA) is 55.8 Å². The van der Waals surface area contributed by atoms with Crippen molar-refractivity contribution in [2.24, 2.45) is 0 Å². The van der Waals surface area contributed by atoms with E-state index in [9.17, 15) is 23.1 Å². The Hall–Kier alpha value is -2.96. The smallest absolute Gasteiger partial charge is 0.504 e. The number of methoxy groups -OCH3 is 1. The molecule has 126 valence electrons. The van der Waals surface area contributed by atoms with Crippen molar-refractivity contribution >= 4 is 11.9 Å². The van der Waals surface area contributed by atoms with E-state index in [1.165, 1.54) is 37.5 Å². The maximum absolute atomic E-state index is 12.1. The third-order valence-electron chi connectivity index (χ3n) is 3.00. The van der Waals surface area contributed by atoms with Gasteiger partial charge < -0.3 is 14.6 Å². The average Bonchev–Trinajstić information content (AvgIpc) is 2.52. The molecule has 0 heterocycles. The number of phenols is 1. The van der Waals surface area contributed by atoms with Gasteiger partial charge in [0.2, 0.25) is 0 Å². The Morgan fingerprint density at radius 1 is 1.12 bits per heavy atom. The zero-order chi connectivity index (χ0) is 17.7. The van der Waals surface area contributed by atoms with Crippen molar-refractivity contribution in [3.63, 3.8) is 0 Å². The normalized spacial score (nSPS) is 11.5. The van der Waals surface area contributed by atoms with E-state index in [4.69, 9.17) is 4.74 Å². The number of carbonyl (C=O) groups is 1. The maximum atomic E-state index is 12.1. The molecule has 0 saturated carbocycles. The average molecular weight is 338 g/mol. The minimum atomic E-state index is -4.78. The standard InChI is InChI=1S/C17H13F3O4/c1-23-16-9-3-11(10-15(16)22)2-8-14(21)12-4-6-13(7-5-12)24-17(18,19)20/h2-10,22H,1H3/b8-2+. The van der Waals surface area contributed by atoms with Crippen LogP contribution in [0, 0.1) is 0 Å². The lowest BCUT2D eigenvalue weighted by molar-refractivity contribution is -0.274. The van der Waals surface area contributed by atoms with Crippen LogP contribution in [0.3, 0.4) is 0 Å². The molecule has 2 aromatic rings. The second-order valence-corrected chi connectivity index (χ2v) is 4.70. The molecule has 2 rings (SSSR count).